The molecule has 0 spiro atoms. The van der Waals surface area contributed by atoms with Crippen LogP contribution in [-0.2, 0) is 4.74 Å². The maximum atomic E-state index is 6.26. The summed E-state index contributed by atoms with van der Waals surface area (Å²) in [5.41, 5.74) is 3.65. The molecule has 0 unspecified atom stereocenters. The summed E-state index contributed by atoms with van der Waals surface area (Å²) in [7, 11) is 0. The molecule has 0 amide bonds. The number of morpholine rings is 1. The highest BCUT2D eigenvalue weighted by Gasteiger charge is 2.19. The van der Waals surface area contributed by atoms with Crippen LogP contribution >= 0.6 is 22.9 Å². The fourth-order valence-corrected chi connectivity index (χ4v) is 4.33. The van der Waals surface area contributed by atoms with Crippen LogP contribution in [0.3, 0.4) is 0 Å². The van der Waals surface area contributed by atoms with Crippen molar-refractivity contribution in [3.05, 3.63) is 53.9 Å². The van der Waals surface area contributed by atoms with Gasteiger partial charge in [-0.2, -0.15) is 5.10 Å². The molecule has 5 heterocycles. The lowest BCUT2D eigenvalue weighted by Crippen LogP contribution is -2.36. The van der Waals surface area contributed by atoms with Crippen LogP contribution in [0, 0.1) is 0 Å². The average molecular weight is 398 g/mol. The number of imidazole rings is 1. The third-order valence-electron chi connectivity index (χ3n) is 4.50. The molecule has 0 bridgehead atoms. The van der Waals surface area contributed by atoms with Gasteiger partial charge in [-0.05, 0) is 24.3 Å². The zero-order valence-electron chi connectivity index (χ0n) is 14.4. The lowest BCUT2D eigenvalue weighted by atomic mass is 10.3. The molecule has 0 aromatic carbocycles. The number of ether oxygens (including phenoxy) is 1. The molecule has 4 aromatic rings. The SMILES string of the molecule is Clc1cc(N2CCOCC2)c2nc(-c3ccc(-c4ccccn4)s3)cn2n1. The van der Waals surface area contributed by atoms with E-state index in [4.69, 9.17) is 21.3 Å². The first-order valence-electron chi connectivity index (χ1n) is 8.68. The maximum Gasteiger partial charge on any atom is 0.177 e. The van der Waals surface area contributed by atoms with Gasteiger partial charge in [0.25, 0.3) is 0 Å². The predicted octanol–water partition coefficient (Wildman–Crippen LogP) is 4.01. The van der Waals surface area contributed by atoms with Crippen molar-refractivity contribution >= 4 is 34.3 Å². The van der Waals surface area contributed by atoms with Gasteiger partial charge in [0.05, 0.1) is 40.5 Å². The van der Waals surface area contributed by atoms with Gasteiger partial charge in [-0.3, -0.25) is 4.98 Å². The molecular formula is C19H16ClN5OS. The summed E-state index contributed by atoms with van der Waals surface area (Å²) >= 11 is 7.93. The first kappa shape index (κ1) is 16.7. The summed E-state index contributed by atoms with van der Waals surface area (Å²) in [5, 5.41) is 4.85. The number of anilines is 1. The number of hydrogen-bond donors (Lipinski definition) is 0. The second kappa shape index (κ2) is 6.92. The van der Waals surface area contributed by atoms with Crippen molar-refractivity contribution in [2.24, 2.45) is 0 Å². The highest BCUT2D eigenvalue weighted by atomic mass is 35.5. The minimum Gasteiger partial charge on any atom is -0.378 e. The summed E-state index contributed by atoms with van der Waals surface area (Å²) in [6, 6.07) is 12.0. The van der Waals surface area contributed by atoms with Gasteiger partial charge in [0.15, 0.2) is 10.8 Å². The van der Waals surface area contributed by atoms with Gasteiger partial charge in [-0.15, -0.1) is 11.3 Å². The summed E-state index contributed by atoms with van der Waals surface area (Å²) in [6.45, 7) is 3.05. The molecule has 0 aliphatic carbocycles. The van der Waals surface area contributed by atoms with Crippen LogP contribution < -0.4 is 4.90 Å². The van der Waals surface area contributed by atoms with Gasteiger partial charge in [-0.25, -0.2) is 9.50 Å². The number of hydrogen-bond acceptors (Lipinski definition) is 6. The van der Waals surface area contributed by atoms with Gasteiger partial charge < -0.3 is 9.64 Å². The lowest BCUT2D eigenvalue weighted by Gasteiger charge is -2.28. The first-order valence-corrected chi connectivity index (χ1v) is 9.87. The van der Waals surface area contributed by atoms with E-state index in [0.29, 0.717) is 18.4 Å². The van der Waals surface area contributed by atoms with E-state index in [9.17, 15) is 0 Å². The normalized spacial score (nSPS) is 14.8. The minimum absolute atomic E-state index is 0.452. The lowest BCUT2D eigenvalue weighted by molar-refractivity contribution is 0.123. The van der Waals surface area contributed by atoms with Gasteiger partial charge in [0.2, 0.25) is 0 Å². The molecule has 5 rings (SSSR count). The quantitative estimate of drug-likeness (QED) is 0.522. The molecule has 1 fully saturated rings. The minimum atomic E-state index is 0.452. The Bertz CT molecular complexity index is 1090. The second-order valence-electron chi connectivity index (χ2n) is 6.22. The Morgan fingerprint density at radius 1 is 1.04 bits per heavy atom. The number of rotatable bonds is 3. The number of aromatic nitrogens is 4. The Balaban J connectivity index is 1.56. The van der Waals surface area contributed by atoms with Crippen LogP contribution in [0.2, 0.25) is 5.15 Å². The van der Waals surface area contributed by atoms with Crippen LogP contribution in [0.4, 0.5) is 5.69 Å². The summed E-state index contributed by atoms with van der Waals surface area (Å²) < 4.78 is 7.23. The molecule has 4 aromatic heterocycles. The molecule has 136 valence electrons. The van der Waals surface area contributed by atoms with E-state index >= 15 is 0 Å². The largest absolute Gasteiger partial charge is 0.378 e. The molecule has 0 atom stereocenters. The van der Waals surface area contributed by atoms with E-state index in [0.717, 1.165) is 45.6 Å². The van der Waals surface area contributed by atoms with Crippen molar-refractivity contribution in [2.75, 3.05) is 31.2 Å². The first-order chi connectivity index (χ1) is 13.3. The van der Waals surface area contributed by atoms with Crippen LogP contribution in [0.25, 0.3) is 26.8 Å². The Morgan fingerprint density at radius 3 is 2.63 bits per heavy atom. The van der Waals surface area contributed by atoms with Crippen molar-refractivity contribution in [1.82, 2.24) is 19.6 Å². The van der Waals surface area contributed by atoms with Crippen molar-refractivity contribution in [2.45, 2.75) is 0 Å². The zero-order valence-corrected chi connectivity index (χ0v) is 16.0. The van der Waals surface area contributed by atoms with E-state index in [2.05, 4.69) is 27.1 Å². The van der Waals surface area contributed by atoms with Crippen molar-refractivity contribution in [1.29, 1.82) is 0 Å². The van der Waals surface area contributed by atoms with Crippen LogP contribution in [0.1, 0.15) is 0 Å². The zero-order chi connectivity index (χ0) is 18.2. The third-order valence-corrected chi connectivity index (χ3v) is 5.82. The fraction of sp³-hybridized carbons (Fsp3) is 0.211. The highest BCUT2D eigenvalue weighted by Crippen LogP contribution is 2.34. The van der Waals surface area contributed by atoms with Crippen molar-refractivity contribution in [3.63, 3.8) is 0 Å². The number of fused-ring (bicyclic) bond motifs is 1. The average Bonchev–Trinajstić information content (AvgIpc) is 3.36. The van der Waals surface area contributed by atoms with Gasteiger partial charge in [-0.1, -0.05) is 17.7 Å². The monoisotopic (exact) mass is 397 g/mol. The van der Waals surface area contributed by atoms with E-state index in [1.165, 1.54) is 0 Å². The van der Waals surface area contributed by atoms with E-state index in [1.807, 2.05) is 30.5 Å². The van der Waals surface area contributed by atoms with E-state index in [1.54, 1.807) is 22.0 Å². The van der Waals surface area contributed by atoms with Crippen LogP contribution in [0.15, 0.2) is 48.8 Å². The standard InChI is InChI=1S/C19H16ClN5OS/c20-18-11-15(24-7-9-26-10-8-24)19-22-14(12-25(19)23-18)17-5-4-16(27-17)13-3-1-2-6-21-13/h1-6,11-12H,7-10H2. The Morgan fingerprint density at radius 2 is 1.85 bits per heavy atom. The number of pyridine rings is 1. The molecule has 1 aliphatic heterocycles. The number of thiophene rings is 1. The third kappa shape index (κ3) is 3.18. The van der Waals surface area contributed by atoms with E-state index < -0.39 is 0 Å². The molecule has 27 heavy (non-hydrogen) atoms. The van der Waals surface area contributed by atoms with Gasteiger partial charge in [0, 0.05) is 25.4 Å². The van der Waals surface area contributed by atoms with Gasteiger partial charge >= 0.3 is 0 Å². The molecular weight excluding hydrogens is 382 g/mol. The van der Waals surface area contributed by atoms with Crippen molar-refractivity contribution in [3.8, 4) is 21.1 Å². The fourth-order valence-electron chi connectivity index (χ4n) is 3.21. The van der Waals surface area contributed by atoms with Crippen LogP contribution in [0.5, 0.6) is 0 Å². The predicted molar refractivity (Wildman–Crippen MR) is 108 cm³/mol. The molecule has 0 N–H and O–H groups in total. The number of halogens is 1. The smallest absolute Gasteiger partial charge is 0.177 e. The summed E-state index contributed by atoms with van der Waals surface area (Å²) in [4.78, 5) is 13.7. The summed E-state index contributed by atoms with van der Waals surface area (Å²) in [6.07, 6.45) is 3.74. The van der Waals surface area contributed by atoms with E-state index in [-0.39, 0.29) is 0 Å². The maximum absolute atomic E-state index is 6.26. The molecule has 8 heteroatoms. The van der Waals surface area contributed by atoms with Gasteiger partial charge in [0.1, 0.15) is 5.69 Å². The number of nitrogens with zero attached hydrogens (tertiary/aromatic N) is 5. The van der Waals surface area contributed by atoms with Crippen molar-refractivity contribution < 1.29 is 4.74 Å². The summed E-state index contributed by atoms with van der Waals surface area (Å²) in [5.74, 6) is 0. The molecule has 0 radical (unpaired) electrons. The molecule has 1 saturated heterocycles. The highest BCUT2D eigenvalue weighted by molar-refractivity contribution is 7.18. The van der Waals surface area contributed by atoms with Crippen LogP contribution in [-0.4, -0.2) is 45.9 Å². The Kier molecular flexibility index (Phi) is 4.27. The second-order valence-corrected chi connectivity index (χ2v) is 7.70. The molecule has 1 aliphatic rings. The molecule has 6 nitrogen and oxygen atoms in total. The Hall–Kier alpha value is -2.48. The molecule has 0 saturated carbocycles. The Labute approximate surface area is 165 Å². The topological polar surface area (TPSA) is 55.5 Å².